The van der Waals surface area contributed by atoms with Crippen molar-refractivity contribution < 1.29 is 5.11 Å². The number of aromatic nitrogens is 3. The fourth-order valence-corrected chi connectivity index (χ4v) is 2.57. The first kappa shape index (κ1) is 15.1. The third-order valence-corrected chi connectivity index (χ3v) is 4.00. The fourth-order valence-electron chi connectivity index (χ4n) is 2.57. The Hall–Kier alpha value is -2.82. The molecule has 0 atom stereocenters. The standard InChI is InChI=1S/C18H19N3O2/c1-11(2)12-7-8-16(22)15(10-12)13-5-4-6-14(9-13)17-19-20-18(23)21(17)3/h4-11,22H,1-3H3,(H,20,23). The Morgan fingerprint density at radius 2 is 1.87 bits per heavy atom. The molecule has 3 aromatic rings. The number of H-pyrrole nitrogens is 1. The summed E-state index contributed by atoms with van der Waals surface area (Å²) in [5.41, 5.74) is 3.39. The molecule has 118 valence electrons. The van der Waals surface area contributed by atoms with Crippen LogP contribution in [-0.4, -0.2) is 19.9 Å². The van der Waals surface area contributed by atoms with Crippen molar-refractivity contribution in [3.05, 3.63) is 58.5 Å². The number of phenols is 1. The first-order valence-electron chi connectivity index (χ1n) is 7.52. The number of rotatable bonds is 3. The Balaban J connectivity index is 2.12. The first-order valence-corrected chi connectivity index (χ1v) is 7.52. The van der Waals surface area contributed by atoms with Crippen molar-refractivity contribution in [1.29, 1.82) is 0 Å². The van der Waals surface area contributed by atoms with Gasteiger partial charge in [0, 0.05) is 18.2 Å². The summed E-state index contributed by atoms with van der Waals surface area (Å²) in [6, 6.07) is 13.3. The molecule has 1 heterocycles. The SMILES string of the molecule is CC(C)c1ccc(O)c(-c2cccc(-c3n[nH]c(=O)n3C)c2)c1. The van der Waals surface area contributed by atoms with Crippen LogP contribution in [0.2, 0.25) is 0 Å². The average Bonchev–Trinajstić information content (AvgIpc) is 2.87. The molecule has 0 unspecified atom stereocenters. The van der Waals surface area contributed by atoms with Gasteiger partial charge in [-0.15, -0.1) is 0 Å². The summed E-state index contributed by atoms with van der Waals surface area (Å²) in [5, 5.41) is 16.7. The second kappa shape index (κ2) is 5.76. The van der Waals surface area contributed by atoms with Crippen molar-refractivity contribution >= 4 is 0 Å². The van der Waals surface area contributed by atoms with Gasteiger partial charge in [-0.1, -0.05) is 38.1 Å². The monoisotopic (exact) mass is 309 g/mol. The van der Waals surface area contributed by atoms with E-state index >= 15 is 0 Å². The van der Waals surface area contributed by atoms with Crippen LogP contribution >= 0.6 is 0 Å². The molecule has 0 spiro atoms. The quantitative estimate of drug-likeness (QED) is 0.780. The lowest BCUT2D eigenvalue weighted by Crippen LogP contribution is -2.13. The molecular formula is C18H19N3O2. The second-order valence-corrected chi connectivity index (χ2v) is 5.92. The molecular weight excluding hydrogens is 290 g/mol. The van der Waals surface area contributed by atoms with Gasteiger partial charge in [-0.3, -0.25) is 4.57 Å². The van der Waals surface area contributed by atoms with E-state index in [2.05, 4.69) is 24.0 Å². The highest BCUT2D eigenvalue weighted by molar-refractivity contribution is 5.75. The molecule has 0 amide bonds. The number of aromatic hydroxyl groups is 1. The summed E-state index contributed by atoms with van der Waals surface area (Å²) in [6.07, 6.45) is 0. The van der Waals surface area contributed by atoms with Crippen molar-refractivity contribution in [2.24, 2.45) is 7.05 Å². The largest absolute Gasteiger partial charge is 0.507 e. The molecule has 5 heteroatoms. The van der Waals surface area contributed by atoms with Crippen LogP contribution in [0.15, 0.2) is 47.3 Å². The van der Waals surface area contributed by atoms with Crippen LogP contribution < -0.4 is 5.69 Å². The smallest absolute Gasteiger partial charge is 0.343 e. The minimum Gasteiger partial charge on any atom is -0.507 e. The average molecular weight is 309 g/mol. The van der Waals surface area contributed by atoms with Crippen molar-refractivity contribution in [2.45, 2.75) is 19.8 Å². The molecule has 2 N–H and O–H groups in total. The van der Waals surface area contributed by atoms with Gasteiger partial charge in [-0.25, -0.2) is 9.89 Å². The molecule has 0 fully saturated rings. The van der Waals surface area contributed by atoms with Gasteiger partial charge in [0.2, 0.25) is 0 Å². The number of phenolic OH excluding ortho intramolecular Hbond substituents is 1. The Labute approximate surface area is 134 Å². The Bertz CT molecular complexity index is 907. The van der Waals surface area contributed by atoms with Gasteiger partial charge in [0.1, 0.15) is 5.75 Å². The number of hydrogen-bond acceptors (Lipinski definition) is 3. The number of hydrogen-bond donors (Lipinski definition) is 2. The van der Waals surface area contributed by atoms with E-state index < -0.39 is 0 Å². The van der Waals surface area contributed by atoms with Gasteiger partial charge in [-0.2, -0.15) is 5.10 Å². The van der Waals surface area contributed by atoms with Crippen LogP contribution in [0.1, 0.15) is 25.3 Å². The maximum Gasteiger partial charge on any atom is 0.343 e. The summed E-state index contributed by atoms with van der Waals surface area (Å²) in [7, 11) is 1.67. The third kappa shape index (κ3) is 2.77. The van der Waals surface area contributed by atoms with E-state index in [1.807, 2.05) is 36.4 Å². The fraction of sp³-hybridized carbons (Fsp3) is 0.222. The molecule has 0 saturated heterocycles. The summed E-state index contributed by atoms with van der Waals surface area (Å²) in [6.45, 7) is 4.23. The predicted octanol–water partition coefficient (Wildman–Crippen LogP) is 3.27. The van der Waals surface area contributed by atoms with Crippen LogP contribution in [0.3, 0.4) is 0 Å². The molecule has 0 aliphatic heterocycles. The highest BCUT2D eigenvalue weighted by Gasteiger charge is 2.11. The van der Waals surface area contributed by atoms with Crippen molar-refractivity contribution in [3.63, 3.8) is 0 Å². The molecule has 23 heavy (non-hydrogen) atoms. The third-order valence-electron chi connectivity index (χ3n) is 4.00. The summed E-state index contributed by atoms with van der Waals surface area (Å²) in [4.78, 5) is 11.5. The minimum atomic E-state index is -0.255. The lowest BCUT2D eigenvalue weighted by Gasteiger charge is -2.11. The zero-order valence-corrected chi connectivity index (χ0v) is 13.4. The maximum atomic E-state index is 11.5. The van der Waals surface area contributed by atoms with Crippen molar-refractivity contribution in [2.75, 3.05) is 0 Å². The van der Waals surface area contributed by atoms with Crippen LogP contribution in [0.4, 0.5) is 0 Å². The Morgan fingerprint density at radius 1 is 1.13 bits per heavy atom. The van der Waals surface area contributed by atoms with Gasteiger partial charge in [0.05, 0.1) is 0 Å². The van der Waals surface area contributed by atoms with Gasteiger partial charge in [0.15, 0.2) is 5.82 Å². The van der Waals surface area contributed by atoms with Crippen LogP contribution in [0.25, 0.3) is 22.5 Å². The summed E-state index contributed by atoms with van der Waals surface area (Å²) in [5.74, 6) is 1.18. The van der Waals surface area contributed by atoms with Gasteiger partial charge in [0.25, 0.3) is 0 Å². The Morgan fingerprint density at radius 3 is 2.52 bits per heavy atom. The molecule has 0 saturated carbocycles. The molecule has 5 nitrogen and oxygen atoms in total. The van der Waals surface area contributed by atoms with Gasteiger partial charge in [-0.05, 0) is 35.2 Å². The molecule has 0 aliphatic carbocycles. The second-order valence-electron chi connectivity index (χ2n) is 5.92. The number of nitrogens with one attached hydrogen (secondary N) is 1. The lowest BCUT2D eigenvalue weighted by atomic mass is 9.95. The van der Waals surface area contributed by atoms with E-state index in [0.29, 0.717) is 11.7 Å². The van der Waals surface area contributed by atoms with Crippen LogP contribution in [0.5, 0.6) is 5.75 Å². The molecule has 3 rings (SSSR count). The minimum absolute atomic E-state index is 0.238. The van der Waals surface area contributed by atoms with Gasteiger partial charge >= 0.3 is 5.69 Å². The molecule has 0 bridgehead atoms. The van der Waals surface area contributed by atoms with Crippen LogP contribution in [-0.2, 0) is 7.05 Å². The van der Waals surface area contributed by atoms with E-state index in [4.69, 9.17) is 0 Å². The van der Waals surface area contributed by atoms with Crippen molar-refractivity contribution in [3.8, 4) is 28.3 Å². The Kier molecular flexibility index (Phi) is 3.78. The van der Waals surface area contributed by atoms with E-state index in [1.165, 1.54) is 4.57 Å². The highest BCUT2D eigenvalue weighted by Crippen LogP contribution is 2.33. The first-order chi connectivity index (χ1) is 11.0. The zero-order valence-electron chi connectivity index (χ0n) is 13.4. The van der Waals surface area contributed by atoms with E-state index in [1.54, 1.807) is 13.1 Å². The maximum absolute atomic E-state index is 11.5. The number of nitrogens with zero attached hydrogens (tertiary/aromatic N) is 2. The molecule has 2 aromatic carbocycles. The van der Waals surface area contributed by atoms with Crippen molar-refractivity contribution in [1.82, 2.24) is 14.8 Å². The van der Waals surface area contributed by atoms with E-state index in [9.17, 15) is 9.90 Å². The molecule has 0 radical (unpaired) electrons. The molecule has 1 aromatic heterocycles. The summed E-state index contributed by atoms with van der Waals surface area (Å²) >= 11 is 0. The zero-order chi connectivity index (χ0) is 16.6. The lowest BCUT2D eigenvalue weighted by molar-refractivity contribution is 0.477. The highest BCUT2D eigenvalue weighted by atomic mass is 16.3. The normalized spacial score (nSPS) is 11.1. The molecule has 0 aliphatic rings. The van der Waals surface area contributed by atoms with E-state index in [0.717, 1.165) is 22.3 Å². The summed E-state index contributed by atoms with van der Waals surface area (Å²) < 4.78 is 1.46. The number of benzene rings is 2. The topological polar surface area (TPSA) is 70.9 Å². The van der Waals surface area contributed by atoms with Crippen LogP contribution in [0, 0.1) is 0 Å². The predicted molar refractivity (Wildman–Crippen MR) is 90.5 cm³/mol. The van der Waals surface area contributed by atoms with E-state index in [-0.39, 0.29) is 11.4 Å². The van der Waals surface area contributed by atoms with Gasteiger partial charge < -0.3 is 5.11 Å². The number of aromatic amines is 1.